The molecular weight excluding hydrogens is 470 g/mol. The van der Waals surface area contributed by atoms with E-state index in [1.54, 1.807) is 39.9 Å². The van der Waals surface area contributed by atoms with Crippen molar-refractivity contribution in [1.82, 2.24) is 24.9 Å². The second-order valence-electron chi connectivity index (χ2n) is 9.73. The molecule has 36 heavy (non-hydrogen) atoms. The van der Waals surface area contributed by atoms with E-state index in [2.05, 4.69) is 20.2 Å². The molecule has 0 radical (unpaired) electrons. The molecule has 0 saturated carbocycles. The van der Waals surface area contributed by atoms with E-state index in [1.165, 1.54) is 12.3 Å². The quantitative estimate of drug-likeness (QED) is 0.389. The van der Waals surface area contributed by atoms with Crippen molar-refractivity contribution < 1.29 is 23.5 Å². The molecule has 1 aliphatic rings. The third-order valence-electron chi connectivity index (χ3n) is 6.44. The van der Waals surface area contributed by atoms with Crippen LogP contribution >= 0.6 is 0 Å². The summed E-state index contributed by atoms with van der Waals surface area (Å²) in [6.45, 7) is 4.57. The Morgan fingerprint density at radius 2 is 1.94 bits per heavy atom. The number of aliphatic hydroxyl groups is 2. The van der Waals surface area contributed by atoms with Gasteiger partial charge >= 0.3 is 0 Å². The Morgan fingerprint density at radius 1 is 1.14 bits per heavy atom. The van der Waals surface area contributed by atoms with E-state index in [1.807, 2.05) is 13.8 Å². The van der Waals surface area contributed by atoms with Gasteiger partial charge in [0, 0.05) is 18.2 Å². The molecule has 1 saturated heterocycles. The number of anilines is 1. The molecule has 1 aliphatic heterocycles. The SMILES string of the molecule is CC1(C)CCC(C(O)O)N(c2nc(-c3cc(-c4ccon4)n(Cc4ccccc4F)n3)ncc2F)C1. The van der Waals surface area contributed by atoms with Gasteiger partial charge in [0.15, 0.2) is 23.7 Å². The molecule has 0 aliphatic carbocycles. The lowest BCUT2D eigenvalue weighted by Gasteiger charge is -2.45. The van der Waals surface area contributed by atoms with E-state index in [0.717, 1.165) is 12.6 Å². The summed E-state index contributed by atoms with van der Waals surface area (Å²) in [4.78, 5) is 10.2. The molecule has 0 spiro atoms. The smallest absolute Gasteiger partial charge is 0.183 e. The number of nitrogens with zero attached hydrogens (tertiary/aromatic N) is 6. The van der Waals surface area contributed by atoms with Gasteiger partial charge in [-0.1, -0.05) is 37.2 Å². The number of halogens is 2. The number of benzene rings is 1. The summed E-state index contributed by atoms with van der Waals surface area (Å²) in [6, 6.07) is 9.00. The average molecular weight is 497 g/mol. The maximum Gasteiger partial charge on any atom is 0.183 e. The van der Waals surface area contributed by atoms with Crippen LogP contribution in [0.2, 0.25) is 0 Å². The van der Waals surface area contributed by atoms with Crippen molar-refractivity contribution in [2.75, 3.05) is 11.4 Å². The normalized spacial score (nSPS) is 17.6. The Hall–Kier alpha value is -3.70. The van der Waals surface area contributed by atoms with E-state index in [0.29, 0.717) is 35.6 Å². The summed E-state index contributed by atoms with van der Waals surface area (Å²) in [5, 5.41) is 28.4. The summed E-state index contributed by atoms with van der Waals surface area (Å²) < 4.78 is 35.9. The van der Waals surface area contributed by atoms with Crippen LogP contribution in [0.25, 0.3) is 22.9 Å². The lowest BCUT2D eigenvalue weighted by Crippen LogP contribution is -2.52. The predicted octanol–water partition coefficient (Wildman–Crippen LogP) is 3.63. The van der Waals surface area contributed by atoms with Gasteiger partial charge in [-0.3, -0.25) is 4.68 Å². The first-order valence-corrected chi connectivity index (χ1v) is 11.6. The van der Waals surface area contributed by atoms with Crippen molar-refractivity contribution in [3.8, 4) is 22.9 Å². The summed E-state index contributed by atoms with van der Waals surface area (Å²) >= 11 is 0. The minimum atomic E-state index is -1.65. The fraction of sp³-hybridized carbons (Fsp3) is 0.360. The highest BCUT2D eigenvalue weighted by molar-refractivity contribution is 5.63. The molecule has 0 bridgehead atoms. The van der Waals surface area contributed by atoms with E-state index < -0.39 is 18.1 Å². The fourth-order valence-electron chi connectivity index (χ4n) is 4.56. The maximum atomic E-state index is 15.0. The number of hydrogen-bond acceptors (Lipinski definition) is 8. The largest absolute Gasteiger partial charge is 0.366 e. The highest BCUT2D eigenvalue weighted by Gasteiger charge is 2.38. The van der Waals surface area contributed by atoms with E-state index in [-0.39, 0.29) is 29.4 Å². The molecule has 3 aromatic heterocycles. The molecule has 0 amide bonds. The van der Waals surface area contributed by atoms with Crippen LogP contribution in [-0.4, -0.2) is 54.0 Å². The lowest BCUT2D eigenvalue weighted by molar-refractivity contribution is -0.0693. The molecule has 1 fully saturated rings. The Balaban J connectivity index is 1.56. The lowest BCUT2D eigenvalue weighted by atomic mass is 9.81. The minimum absolute atomic E-state index is 0.0301. The Bertz CT molecular complexity index is 1360. The molecule has 4 heterocycles. The Labute approximate surface area is 206 Å². The molecular formula is C25H26F2N6O3. The third-order valence-corrected chi connectivity index (χ3v) is 6.44. The molecule has 188 valence electrons. The van der Waals surface area contributed by atoms with Crippen LogP contribution in [-0.2, 0) is 6.54 Å². The number of piperidine rings is 1. The van der Waals surface area contributed by atoms with Gasteiger partial charge in [0.1, 0.15) is 23.5 Å². The zero-order chi connectivity index (χ0) is 25.4. The van der Waals surface area contributed by atoms with Crippen LogP contribution in [0.1, 0.15) is 32.3 Å². The molecule has 1 atom stereocenters. The average Bonchev–Trinajstić information content (AvgIpc) is 3.50. The van der Waals surface area contributed by atoms with Gasteiger partial charge in [0.2, 0.25) is 0 Å². The van der Waals surface area contributed by atoms with Crippen molar-refractivity contribution in [2.24, 2.45) is 5.41 Å². The molecule has 4 aromatic rings. The van der Waals surface area contributed by atoms with Gasteiger partial charge in [-0.05, 0) is 30.4 Å². The number of hydrogen-bond donors (Lipinski definition) is 2. The van der Waals surface area contributed by atoms with Gasteiger partial charge in [0.05, 0.1) is 24.5 Å². The molecule has 11 heteroatoms. The van der Waals surface area contributed by atoms with E-state index in [9.17, 15) is 19.0 Å². The number of aliphatic hydroxyl groups excluding tert-OH is 1. The van der Waals surface area contributed by atoms with Crippen molar-refractivity contribution in [3.05, 3.63) is 66.1 Å². The van der Waals surface area contributed by atoms with Crippen LogP contribution in [0, 0.1) is 17.0 Å². The number of rotatable bonds is 6. The second-order valence-corrected chi connectivity index (χ2v) is 9.73. The molecule has 2 N–H and O–H groups in total. The van der Waals surface area contributed by atoms with Gasteiger partial charge in [-0.2, -0.15) is 5.10 Å². The molecule has 9 nitrogen and oxygen atoms in total. The van der Waals surface area contributed by atoms with Gasteiger partial charge in [-0.15, -0.1) is 0 Å². The highest BCUT2D eigenvalue weighted by atomic mass is 19.1. The molecule has 1 aromatic carbocycles. The minimum Gasteiger partial charge on any atom is -0.366 e. The van der Waals surface area contributed by atoms with Crippen LogP contribution in [0.4, 0.5) is 14.6 Å². The van der Waals surface area contributed by atoms with Gasteiger partial charge in [-0.25, -0.2) is 18.7 Å². The van der Waals surface area contributed by atoms with Crippen LogP contribution < -0.4 is 4.90 Å². The van der Waals surface area contributed by atoms with Gasteiger partial charge in [0.25, 0.3) is 0 Å². The summed E-state index contributed by atoms with van der Waals surface area (Å²) in [5.74, 6) is -0.942. The van der Waals surface area contributed by atoms with Crippen LogP contribution in [0.15, 0.2) is 53.4 Å². The van der Waals surface area contributed by atoms with Crippen molar-refractivity contribution >= 4 is 5.82 Å². The first-order chi connectivity index (χ1) is 17.2. The fourth-order valence-corrected chi connectivity index (χ4v) is 4.56. The highest BCUT2D eigenvalue weighted by Crippen LogP contribution is 2.36. The maximum absolute atomic E-state index is 15.0. The first-order valence-electron chi connectivity index (χ1n) is 11.6. The number of aromatic nitrogens is 5. The summed E-state index contributed by atoms with van der Waals surface area (Å²) in [7, 11) is 0. The monoisotopic (exact) mass is 496 g/mol. The first kappa shape index (κ1) is 24.0. The molecule has 1 unspecified atom stereocenters. The second kappa shape index (κ2) is 9.40. The molecule has 5 rings (SSSR count). The zero-order valence-corrected chi connectivity index (χ0v) is 19.8. The Kier molecular flexibility index (Phi) is 6.27. The topological polar surface area (TPSA) is 113 Å². The van der Waals surface area contributed by atoms with Crippen LogP contribution in [0.3, 0.4) is 0 Å². The Morgan fingerprint density at radius 3 is 2.67 bits per heavy atom. The van der Waals surface area contributed by atoms with E-state index in [4.69, 9.17) is 4.52 Å². The van der Waals surface area contributed by atoms with Crippen molar-refractivity contribution in [1.29, 1.82) is 0 Å². The zero-order valence-electron chi connectivity index (χ0n) is 19.8. The van der Waals surface area contributed by atoms with E-state index >= 15 is 0 Å². The predicted molar refractivity (Wildman–Crippen MR) is 127 cm³/mol. The van der Waals surface area contributed by atoms with Gasteiger partial charge < -0.3 is 19.6 Å². The third kappa shape index (κ3) is 4.71. The van der Waals surface area contributed by atoms with Crippen molar-refractivity contribution in [2.45, 2.75) is 45.6 Å². The summed E-state index contributed by atoms with van der Waals surface area (Å²) in [6.07, 6.45) is 2.04. The van der Waals surface area contributed by atoms with Crippen molar-refractivity contribution in [3.63, 3.8) is 0 Å². The van der Waals surface area contributed by atoms with Crippen LogP contribution in [0.5, 0.6) is 0 Å². The standard InChI is InChI=1S/C25H26F2N6O3/c1-25(2)9-7-20(24(34)35)32(14-25)23-17(27)12-28-22(29-23)19-11-21(18-8-10-36-31-18)33(30-19)13-15-5-3-4-6-16(15)26/h3-6,8,10-12,20,24,34-35H,7,9,13-14H2,1-2H3. The summed E-state index contributed by atoms with van der Waals surface area (Å²) in [5.41, 5.74) is 1.59.